The number of rotatable bonds is 9. The number of thiazole rings is 1. The molecule has 2 aromatic carbocycles. The number of hydrogen-bond acceptors (Lipinski definition) is 6. The van der Waals surface area contributed by atoms with E-state index >= 15 is 0 Å². The molecule has 0 saturated heterocycles. The summed E-state index contributed by atoms with van der Waals surface area (Å²) >= 11 is 8.03. The zero-order chi connectivity index (χ0) is 24.7. The van der Waals surface area contributed by atoms with E-state index in [2.05, 4.69) is 59.3 Å². The van der Waals surface area contributed by atoms with E-state index in [9.17, 15) is 18.0 Å². The first-order chi connectivity index (χ1) is 16.2. The number of halogens is 5. The topological polar surface area (TPSA) is 75.6 Å². The van der Waals surface area contributed by atoms with Gasteiger partial charge >= 0.3 is 6.18 Å². The third-order valence-electron chi connectivity index (χ3n) is 4.10. The van der Waals surface area contributed by atoms with Gasteiger partial charge in [0, 0.05) is 11.1 Å². The lowest BCUT2D eigenvalue weighted by Gasteiger charge is -2.09. The standard InChI is InChI=1S/C22H17Br2F3N4O2S/c1-2-6-33-20-17(23)7-13(8-18(20)24)11-28-31-19(32)10-16-12-34-21(30-16)29-15-5-3-4-14(9-15)22(25,26)27/h2-5,7-9,11-12H,1,6,10H2,(H,29,30)(H,31,32)/b28-11-. The fraction of sp³-hybridized carbons (Fsp3) is 0.136. The fourth-order valence-corrected chi connectivity index (χ4v) is 4.84. The number of carbonyl (C=O) groups excluding carboxylic acids is 1. The van der Waals surface area contributed by atoms with Gasteiger partial charge in [-0.1, -0.05) is 18.7 Å². The van der Waals surface area contributed by atoms with E-state index < -0.39 is 17.6 Å². The Hall–Kier alpha value is -2.70. The first-order valence-corrected chi connectivity index (χ1v) is 12.1. The Morgan fingerprint density at radius 3 is 2.65 bits per heavy atom. The highest BCUT2D eigenvalue weighted by molar-refractivity contribution is 9.11. The molecule has 1 amide bonds. The molecule has 178 valence electrons. The molecule has 12 heteroatoms. The second kappa shape index (κ2) is 11.6. The monoisotopic (exact) mass is 616 g/mol. The third kappa shape index (κ3) is 7.40. The van der Waals surface area contributed by atoms with Crippen LogP contribution in [0.5, 0.6) is 5.75 Å². The Morgan fingerprint density at radius 1 is 1.24 bits per heavy atom. The van der Waals surface area contributed by atoms with E-state index in [4.69, 9.17) is 4.74 Å². The molecule has 0 fully saturated rings. The van der Waals surface area contributed by atoms with Gasteiger partial charge in [-0.15, -0.1) is 11.3 Å². The highest BCUT2D eigenvalue weighted by atomic mass is 79.9. The summed E-state index contributed by atoms with van der Waals surface area (Å²) in [7, 11) is 0. The normalized spacial score (nSPS) is 11.4. The van der Waals surface area contributed by atoms with Gasteiger partial charge in [-0.3, -0.25) is 4.79 Å². The minimum atomic E-state index is -4.43. The summed E-state index contributed by atoms with van der Waals surface area (Å²) in [5.41, 5.74) is 3.09. The number of amides is 1. The van der Waals surface area contributed by atoms with Crippen molar-refractivity contribution in [1.29, 1.82) is 0 Å². The molecular weight excluding hydrogens is 601 g/mol. The van der Waals surface area contributed by atoms with Gasteiger partial charge in [0.15, 0.2) is 5.13 Å². The van der Waals surface area contributed by atoms with Gasteiger partial charge in [-0.05, 0) is 67.8 Å². The van der Waals surface area contributed by atoms with Gasteiger partial charge in [-0.25, -0.2) is 10.4 Å². The predicted molar refractivity (Wildman–Crippen MR) is 134 cm³/mol. The maximum absolute atomic E-state index is 12.9. The molecule has 0 aliphatic heterocycles. The van der Waals surface area contributed by atoms with Crippen molar-refractivity contribution in [3.63, 3.8) is 0 Å². The zero-order valence-corrected chi connectivity index (χ0v) is 21.3. The summed E-state index contributed by atoms with van der Waals surface area (Å²) in [6.07, 6.45) is -1.36. The Labute approximate surface area is 214 Å². The first kappa shape index (κ1) is 25.9. The van der Waals surface area contributed by atoms with Crippen molar-refractivity contribution in [2.45, 2.75) is 12.6 Å². The Morgan fingerprint density at radius 2 is 1.97 bits per heavy atom. The van der Waals surface area contributed by atoms with Crippen LogP contribution < -0.4 is 15.5 Å². The summed E-state index contributed by atoms with van der Waals surface area (Å²) in [5, 5.41) is 8.80. The molecule has 1 aromatic heterocycles. The Bertz CT molecular complexity index is 1190. The molecule has 0 atom stereocenters. The summed E-state index contributed by atoms with van der Waals surface area (Å²) in [6.45, 7) is 3.96. The zero-order valence-electron chi connectivity index (χ0n) is 17.3. The molecule has 6 nitrogen and oxygen atoms in total. The van der Waals surface area contributed by atoms with E-state index in [-0.39, 0.29) is 12.1 Å². The number of alkyl halides is 3. The van der Waals surface area contributed by atoms with E-state index in [1.54, 1.807) is 23.6 Å². The number of hydrogen-bond donors (Lipinski definition) is 2. The SMILES string of the molecule is C=CCOc1c(Br)cc(/C=N\NC(=O)Cc2csc(Nc3cccc(C(F)(F)F)c3)n2)cc1Br. The molecule has 2 N–H and O–H groups in total. The molecule has 34 heavy (non-hydrogen) atoms. The molecule has 0 aliphatic rings. The lowest BCUT2D eigenvalue weighted by Crippen LogP contribution is -2.19. The molecule has 3 aromatic rings. The quantitative estimate of drug-likeness (QED) is 0.159. The van der Waals surface area contributed by atoms with E-state index in [0.717, 1.165) is 12.1 Å². The van der Waals surface area contributed by atoms with Crippen LogP contribution in [0.3, 0.4) is 0 Å². The summed E-state index contributed by atoms with van der Waals surface area (Å²) in [4.78, 5) is 16.4. The number of carbonyl (C=O) groups is 1. The smallest absolute Gasteiger partial charge is 0.416 e. The maximum Gasteiger partial charge on any atom is 0.416 e. The second-order valence-corrected chi connectivity index (χ2v) is 9.30. The van der Waals surface area contributed by atoms with Gasteiger partial charge < -0.3 is 10.1 Å². The third-order valence-corrected chi connectivity index (χ3v) is 6.09. The molecule has 3 rings (SSSR count). The minimum Gasteiger partial charge on any atom is -0.487 e. The van der Waals surface area contributed by atoms with Crippen LogP contribution in [0.1, 0.15) is 16.8 Å². The number of anilines is 2. The average Bonchev–Trinajstić information content (AvgIpc) is 3.19. The van der Waals surface area contributed by atoms with Gasteiger partial charge in [-0.2, -0.15) is 18.3 Å². The lowest BCUT2D eigenvalue weighted by atomic mass is 10.2. The molecule has 0 unspecified atom stereocenters. The second-order valence-electron chi connectivity index (χ2n) is 6.73. The largest absolute Gasteiger partial charge is 0.487 e. The van der Waals surface area contributed by atoms with Crippen molar-refractivity contribution < 1.29 is 22.7 Å². The van der Waals surface area contributed by atoms with E-state index in [0.29, 0.717) is 37.7 Å². The van der Waals surface area contributed by atoms with Gasteiger partial charge in [0.05, 0.1) is 32.8 Å². The highest BCUT2D eigenvalue weighted by Gasteiger charge is 2.30. The Balaban J connectivity index is 1.55. The average molecular weight is 618 g/mol. The summed E-state index contributed by atoms with van der Waals surface area (Å²) in [6, 6.07) is 8.37. The summed E-state index contributed by atoms with van der Waals surface area (Å²) in [5.74, 6) is 0.232. The van der Waals surface area contributed by atoms with Crippen molar-refractivity contribution in [2.24, 2.45) is 5.10 Å². The Kier molecular flexibility index (Phi) is 8.86. The van der Waals surface area contributed by atoms with Crippen molar-refractivity contribution in [2.75, 3.05) is 11.9 Å². The number of aromatic nitrogens is 1. The molecule has 0 spiro atoms. The van der Waals surface area contributed by atoms with Crippen molar-refractivity contribution >= 4 is 66.1 Å². The van der Waals surface area contributed by atoms with E-state index in [1.807, 2.05) is 0 Å². The molecular formula is C22H17Br2F3N4O2S. The van der Waals surface area contributed by atoms with Crippen LogP contribution >= 0.6 is 43.2 Å². The van der Waals surface area contributed by atoms with Crippen LogP contribution in [0.2, 0.25) is 0 Å². The van der Waals surface area contributed by atoms with Crippen molar-refractivity contribution in [3.8, 4) is 5.75 Å². The lowest BCUT2D eigenvalue weighted by molar-refractivity contribution is -0.137. The first-order valence-electron chi connectivity index (χ1n) is 9.59. The molecule has 0 radical (unpaired) electrons. The predicted octanol–water partition coefficient (Wildman–Crippen LogP) is 6.69. The highest BCUT2D eigenvalue weighted by Crippen LogP contribution is 2.34. The fourth-order valence-electron chi connectivity index (χ4n) is 2.66. The molecule has 1 heterocycles. The number of nitrogens with one attached hydrogen (secondary N) is 2. The summed E-state index contributed by atoms with van der Waals surface area (Å²) < 4.78 is 45.5. The maximum atomic E-state index is 12.9. The molecule has 0 saturated carbocycles. The van der Waals surface area contributed by atoms with Crippen molar-refractivity contribution in [1.82, 2.24) is 10.4 Å². The number of ether oxygens (including phenoxy) is 1. The van der Waals surface area contributed by atoms with E-state index in [1.165, 1.54) is 29.7 Å². The van der Waals surface area contributed by atoms with Crippen LogP contribution in [0.4, 0.5) is 24.0 Å². The minimum absolute atomic E-state index is 0.0418. The molecule has 0 bridgehead atoms. The van der Waals surface area contributed by atoms with Crippen LogP contribution in [0.25, 0.3) is 0 Å². The number of hydrazone groups is 1. The van der Waals surface area contributed by atoms with Gasteiger partial charge in [0.2, 0.25) is 5.91 Å². The van der Waals surface area contributed by atoms with Gasteiger partial charge in [0.25, 0.3) is 0 Å². The van der Waals surface area contributed by atoms with Crippen LogP contribution in [-0.2, 0) is 17.4 Å². The van der Waals surface area contributed by atoms with Crippen LogP contribution in [-0.4, -0.2) is 23.7 Å². The molecule has 0 aliphatic carbocycles. The van der Waals surface area contributed by atoms with Gasteiger partial charge in [0.1, 0.15) is 12.4 Å². The van der Waals surface area contributed by atoms with Crippen molar-refractivity contribution in [3.05, 3.63) is 80.2 Å². The number of nitrogens with zero attached hydrogens (tertiary/aromatic N) is 2. The number of benzene rings is 2. The van der Waals surface area contributed by atoms with Crippen LogP contribution in [0.15, 0.2) is 68.5 Å². The van der Waals surface area contributed by atoms with Crippen LogP contribution in [0, 0.1) is 0 Å².